The van der Waals surface area contributed by atoms with Gasteiger partial charge in [0.1, 0.15) is 0 Å². The molecule has 0 atom stereocenters. The molecule has 2 nitrogen and oxygen atoms in total. The molecule has 5 rings (SSSR count). The lowest BCUT2D eigenvalue weighted by atomic mass is 10.1. The second-order valence-electron chi connectivity index (χ2n) is 6.43. The van der Waals surface area contributed by atoms with Crippen LogP contribution >= 0.6 is 11.8 Å². The first-order valence-corrected chi connectivity index (χ1v) is 9.42. The van der Waals surface area contributed by atoms with E-state index in [0.29, 0.717) is 0 Å². The second-order valence-corrected chi connectivity index (χ2v) is 7.46. The van der Waals surface area contributed by atoms with Gasteiger partial charge in [-0.25, -0.2) is 0 Å². The fraction of sp³-hybridized carbons (Fsp3) is 0.136. The van der Waals surface area contributed by atoms with E-state index in [2.05, 4.69) is 54.3 Å². The van der Waals surface area contributed by atoms with E-state index >= 15 is 0 Å². The Morgan fingerprint density at radius 1 is 1.00 bits per heavy atom. The van der Waals surface area contributed by atoms with E-state index in [4.69, 9.17) is 0 Å². The van der Waals surface area contributed by atoms with Crippen molar-refractivity contribution in [3.05, 3.63) is 82.4 Å². The van der Waals surface area contributed by atoms with Crippen LogP contribution in [0.25, 0.3) is 10.8 Å². The normalized spacial score (nSPS) is 18.8. The minimum absolute atomic E-state index is 0.189. The molecule has 1 aliphatic heterocycles. The van der Waals surface area contributed by atoms with Crippen LogP contribution in [-0.2, 0) is 6.42 Å². The van der Waals surface area contributed by atoms with Crippen LogP contribution in [0, 0.1) is 0 Å². The number of ketones is 1. The number of fused-ring (bicyclic) bond motifs is 4. The lowest BCUT2D eigenvalue weighted by Crippen LogP contribution is -2.19. The topological polar surface area (TPSA) is 20.3 Å². The van der Waals surface area contributed by atoms with E-state index < -0.39 is 0 Å². The van der Waals surface area contributed by atoms with Crippen LogP contribution in [0.4, 0.5) is 5.69 Å². The molecule has 0 unspecified atom stereocenters. The van der Waals surface area contributed by atoms with E-state index in [-0.39, 0.29) is 5.78 Å². The molecule has 3 aromatic rings. The highest BCUT2D eigenvalue weighted by Gasteiger charge is 2.34. The van der Waals surface area contributed by atoms with Crippen molar-refractivity contribution in [2.45, 2.75) is 18.2 Å². The smallest absolute Gasteiger partial charge is 0.192 e. The molecular formula is C22H17NOS. The molecule has 0 saturated heterocycles. The molecule has 0 spiro atoms. The Labute approximate surface area is 151 Å². The van der Waals surface area contributed by atoms with Crippen LogP contribution in [0.2, 0.25) is 0 Å². The minimum Gasteiger partial charge on any atom is -0.334 e. The van der Waals surface area contributed by atoms with Crippen LogP contribution in [0.5, 0.6) is 0 Å². The molecule has 122 valence electrons. The molecule has 25 heavy (non-hydrogen) atoms. The number of benzene rings is 3. The quantitative estimate of drug-likeness (QED) is 0.550. The number of rotatable bonds is 1. The first-order chi connectivity index (χ1) is 12.3. The molecule has 2 aliphatic rings. The Bertz CT molecular complexity index is 1070. The Morgan fingerprint density at radius 2 is 1.80 bits per heavy atom. The number of carbonyl (C=O) groups excluding carboxylic acids is 1. The number of thioether (sulfide) groups is 1. The van der Waals surface area contributed by atoms with Gasteiger partial charge in [-0.05, 0) is 23.9 Å². The first kappa shape index (κ1) is 14.8. The third kappa shape index (κ3) is 2.09. The van der Waals surface area contributed by atoms with Crippen molar-refractivity contribution in [2.24, 2.45) is 0 Å². The largest absolute Gasteiger partial charge is 0.334 e. The van der Waals surface area contributed by atoms with Crippen molar-refractivity contribution in [3.8, 4) is 0 Å². The summed E-state index contributed by atoms with van der Waals surface area (Å²) in [6, 6.07) is 20.8. The van der Waals surface area contributed by atoms with Crippen molar-refractivity contribution in [1.82, 2.24) is 0 Å². The molecule has 3 heteroatoms. The van der Waals surface area contributed by atoms with Gasteiger partial charge in [0, 0.05) is 34.4 Å². The summed E-state index contributed by atoms with van der Waals surface area (Å²) >= 11 is 1.74. The van der Waals surface area contributed by atoms with Gasteiger partial charge in [0.25, 0.3) is 0 Å². The van der Waals surface area contributed by atoms with E-state index in [1.54, 1.807) is 11.8 Å². The maximum Gasteiger partial charge on any atom is 0.192 e. The lowest BCUT2D eigenvalue weighted by Gasteiger charge is -2.21. The van der Waals surface area contributed by atoms with Gasteiger partial charge in [-0.15, -0.1) is 0 Å². The summed E-state index contributed by atoms with van der Waals surface area (Å²) in [6.45, 7) is 3.01. The summed E-state index contributed by atoms with van der Waals surface area (Å²) < 4.78 is 0. The SMILES string of the molecule is CCN1/C(=C2\Cc3ccccc3C2=O)Sc2ccc3ccccc3c21. The molecule has 1 aliphatic carbocycles. The number of anilines is 1. The zero-order chi connectivity index (χ0) is 17.0. The second kappa shape index (κ2) is 5.50. The van der Waals surface area contributed by atoms with Crippen LogP contribution in [0.1, 0.15) is 22.8 Å². The van der Waals surface area contributed by atoms with Gasteiger partial charge in [0.2, 0.25) is 0 Å². The average molecular weight is 343 g/mol. The standard InChI is InChI=1S/C22H17NOS/c1-2-23-20-16-9-5-3-7-14(16)11-12-19(20)25-22(23)18-13-15-8-4-6-10-17(15)21(18)24/h3-12H,2,13H2,1H3/b22-18-. The molecule has 0 amide bonds. The molecule has 3 aromatic carbocycles. The maximum absolute atomic E-state index is 13.0. The van der Waals surface area contributed by atoms with Gasteiger partial charge < -0.3 is 4.90 Å². The van der Waals surface area contributed by atoms with Crippen LogP contribution < -0.4 is 4.90 Å². The zero-order valence-electron chi connectivity index (χ0n) is 14.0. The monoisotopic (exact) mass is 343 g/mol. The fourth-order valence-electron chi connectivity index (χ4n) is 3.88. The first-order valence-electron chi connectivity index (χ1n) is 8.61. The highest BCUT2D eigenvalue weighted by Crippen LogP contribution is 2.51. The predicted molar refractivity (Wildman–Crippen MR) is 104 cm³/mol. The van der Waals surface area contributed by atoms with Crippen molar-refractivity contribution in [3.63, 3.8) is 0 Å². The third-order valence-electron chi connectivity index (χ3n) is 5.06. The van der Waals surface area contributed by atoms with E-state index in [9.17, 15) is 4.79 Å². The highest BCUT2D eigenvalue weighted by atomic mass is 32.2. The van der Waals surface area contributed by atoms with Gasteiger partial charge in [-0.1, -0.05) is 66.4 Å². The molecule has 0 bridgehead atoms. The van der Waals surface area contributed by atoms with Crippen LogP contribution in [-0.4, -0.2) is 12.3 Å². The van der Waals surface area contributed by atoms with Gasteiger partial charge in [0.05, 0.1) is 10.7 Å². The molecule has 1 heterocycles. The molecule has 0 aromatic heterocycles. The summed E-state index contributed by atoms with van der Waals surface area (Å²) in [5.41, 5.74) is 4.19. The summed E-state index contributed by atoms with van der Waals surface area (Å²) in [5, 5.41) is 3.61. The summed E-state index contributed by atoms with van der Waals surface area (Å²) in [7, 11) is 0. The number of nitrogens with zero attached hydrogens (tertiary/aromatic N) is 1. The molecule has 0 fully saturated rings. The number of hydrogen-bond donors (Lipinski definition) is 0. The number of Topliss-reactive ketones (excluding diaryl/α,β-unsaturated/α-hetero) is 1. The van der Waals surface area contributed by atoms with Gasteiger partial charge >= 0.3 is 0 Å². The Balaban J connectivity index is 1.70. The van der Waals surface area contributed by atoms with Gasteiger partial charge in [-0.3, -0.25) is 4.79 Å². The number of carbonyl (C=O) groups is 1. The average Bonchev–Trinajstić information content (AvgIpc) is 3.19. The molecule has 0 N–H and O–H groups in total. The predicted octanol–water partition coefficient (Wildman–Crippen LogP) is 5.42. The minimum atomic E-state index is 0.189. The summed E-state index contributed by atoms with van der Waals surface area (Å²) in [4.78, 5) is 16.5. The van der Waals surface area contributed by atoms with Gasteiger partial charge in [0.15, 0.2) is 5.78 Å². The Morgan fingerprint density at radius 3 is 2.64 bits per heavy atom. The molecule has 0 radical (unpaired) electrons. The van der Waals surface area contributed by atoms with Crippen LogP contribution in [0.15, 0.2) is 76.2 Å². The molecule has 0 saturated carbocycles. The zero-order valence-corrected chi connectivity index (χ0v) is 14.8. The van der Waals surface area contributed by atoms with Crippen LogP contribution in [0.3, 0.4) is 0 Å². The van der Waals surface area contributed by atoms with Gasteiger partial charge in [-0.2, -0.15) is 0 Å². The third-order valence-corrected chi connectivity index (χ3v) is 6.27. The summed E-state index contributed by atoms with van der Waals surface area (Å²) in [6.07, 6.45) is 0.736. The van der Waals surface area contributed by atoms with Crippen molar-refractivity contribution >= 4 is 34.0 Å². The summed E-state index contributed by atoms with van der Waals surface area (Å²) in [5.74, 6) is 0.189. The highest BCUT2D eigenvalue weighted by molar-refractivity contribution is 8.03. The van der Waals surface area contributed by atoms with Crippen molar-refractivity contribution < 1.29 is 4.79 Å². The molecular weight excluding hydrogens is 326 g/mol. The Hall–Kier alpha value is -2.52. The van der Waals surface area contributed by atoms with E-state index in [1.165, 1.54) is 21.4 Å². The van der Waals surface area contributed by atoms with E-state index in [1.807, 2.05) is 18.2 Å². The van der Waals surface area contributed by atoms with Crippen molar-refractivity contribution in [1.29, 1.82) is 0 Å². The van der Waals surface area contributed by atoms with Crippen molar-refractivity contribution in [2.75, 3.05) is 11.4 Å². The van der Waals surface area contributed by atoms with E-state index in [0.717, 1.165) is 34.7 Å². The lowest BCUT2D eigenvalue weighted by molar-refractivity contribution is 0.103. The Kier molecular flexibility index (Phi) is 3.25. The number of hydrogen-bond acceptors (Lipinski definition) is 3. The fourth-order valence-corrected chi connectivity index (χ4v) is 5.16. The number of allylic oxidation sites excluding steroid dienone is 1. The maximum atomic E-state index is 13.0.